The van der Waals surface area contributed by atoms with Gasteiger partial charge in [-0.1, -0.05) is 30.3 Å². The first-order valence-corrected chi connectivity index (χ1v) is 7.93. The van der Waals surface area contributed by atoms with Gasteiger partial charge in [-0.25, -0.2) is 9.97 Å². The van der Waals surface area contributed by atoms with Crippen LogP contribution in [0.25, 0.3) is 10.0 Å². The Hall–Kier alpha value is -1.85. The zero-order chi connectivity index (χ0) is 13.9. The summed E-state index contributed by atoms with van der Waals surface area (Å²) in [6.45, 7) is 1.97. The topological polar surface area (TPSA) is 42.9 Å². The van der Waals surface area contributed by atoms with E-state index in [1.54, 1.807) is 11.3 Å². The van der Waals surface area contributed by atoms with Gasteiger partial charge in [0.05, 0.1) is 12.1 Å². The summed E-state index contributed by atoms with van der Waals surface area (Å²) < 4.78 is 0. The van der Waals surface area contributed by atoms with E-state index < -0.39 is 0 Å². The normalized spacial score (nSPS) is 10.7. The molecule has 0 aliphatic rings. The fourth-order valence-corrected chi connectivity index (χ4v) is 3.50. The largest absolute Gasteiger partial charge is 0.294 e. The molecule has 0 bridgehead atoms. The number of carbonyl (C=O) groups excluding carboxylic acids is 1. The molecule has 0 unspecified atom stereocenters. The molecule has 3 rings (SSSR count). The Bertz CT molecular complexity index is 731. The number of hydrogen-bond donors (Lipinski definition) is 0. The number of benzene rings is 1. The van der Waals surface area contributed by atoms with Gasteiger partial charge in [0.1, 0.15) is 0 Å². The van der Waals surface area contributed by atoms with Gasteiger partial charge in [-0.05, 0) is 6.92 Å². The lowest BCUT2D eigenvalue weighted by Crippen LogP contribution is -2.03. The second kappa shape index (κ2) is 5.64. The molecule has 3 nitrogen and oxygen atoms in total. The lowest BCUT2D eigenvalue weighted by molar-refractivity contribution is 0.0992. The third-order valence-electron chi connectivity index (χ3n) is 2.79. The van der Waals surface area contributed by atoms with Crippen molar-refractivity contribution in [1.82, 2.24) is 9.97 Å². The molecule has 0 amide bonds. The van der Waals surface area contributed by atoms with E-state index in [9.17, 15) is 4.79 Å². The average Bonchev–Trinajstić information content (AvgIpc) is 3.09. The second-order valence-corrected chi connectivity index (χ2v) is 6.12. The van der Waals surface area contributed by atoms with Crippen LogP contribution in [-0.4, -0.2) is 15.8 Å². The number of ketones is 1. The van der Waals surface area contributed by atoms with E-state index in [-0.39, 0.29) is 5.78 Å². The fraction of sp³-hybridized carbons (Fsp3) is 0.133. The first-order valence-electron chi connectivity index (χ1n) is 6.17. The van der Waals surface area contributed by atoms with Crippen molar-refractivity contribution in [2.45, 2.75) is 13.3 Å². The summed E-state index contributed by atoms with van der Waals surface area (Å²) in [5.41, 5.74) is 2.54. The van der Waals surface area contributed by atoms with E-state index in [1.165, 1.54) is 11.3 Å². The van der Waals surface area contributed by atoms with Crippen molar-refractivity contribution in [2.24, 2.45) is 0 Å². The maximum Gasteiger partial charge on any atom is 0.168 e. The van der Waals surface area contributed by atoms with E-state index in [4.69, 9.17) is 0 Å². The molecule has 100 valence electrons. The van der Waals surface area contributed by atoms with Crippen molar-refractivity contribution in [1.29, 1.82) is 0 Å². The number of hydrogen-bond acceptors (Lipinski definition) is 5. The van der Waals surface area contributed by atoms with Gasteiger partial charge in [0.2, 0.25) is 0 Å². The van der Waals surface area contributed by atoms with Crippen LogP contribution in [0, 0.1) is 6.92 Å². The number of rotatable bonds is 4. The van der Waals surface area contributed by atoms with Crippen LogP contribution in [0.4, 0.5) is 0 Å². The lowest BCUT2D eigenvalue weighted by atomic mass is 10.1. The van der Waals surface area contributed by atoms with E-state index in [1.807, 2.05) is 48.0 Å². The first-order chi connectivity index (χ1) is 9.72. The summed E-state index contributed by atoms with van der Waals surface area (Å²) in [7, 11) is 0. The predicted molar refractivity (Wildman–Crippen MR) is 82.4 cm³/mol. The average molecular weight is 300 g/mol. The molecule has 3 aromatic rings. The number of carbonyl (C=O) groups is 1. The van der Waals surface area contributed by atoms with Crippen LogP contribution >= 0.6 is 22.7 Å². The minimum absolute atomic E-state index is 0.0952. The monoisotopic (exact) mass is 300 g/mol. The molecule has 0 saturated heterocycles. The quantitative estimate of drug-likeness (QED) is 0.684. The van der Waals surface area contributed by atoms with Crippen molar-refractivity contribution in [2.75, 3.05) is 0 Å². The molecule has 0 radical (unpaired) electrons. The molecular weight excluding hydrogens is 288 g/mol. The Morgan fingerprint density at radius 3 is 2.45 bits per heavy atom. The third kappa shape index (κ3) is 2.84. The van der Waals surface area contributed by atoms with E-state index in [0.29, 0.717) is 6.42 Å². The van der Waals surface area contributed by atoms with Crippen LogP contribution in [0.3, 0.4) is 0 Å². The molecule has 0 saturated carbocycles. The van der Waals surface area contributed by atoms with Crippen LogP contribution in [0.5, 0.6) is 0 Å². The number of nitrogens with zero attached hydrogens (tertiary/aromatic N) is 2. The van der Waals surface area contributed by atoms with Gasteiger partial charge in [-0.2, -0.15) is 0 Å². The zero-order valence-corrected chi connectivity index (χ0v) is 12.5. The molecule has 2 heterocycles. The zero-order valence-electron chi connectivity index (χ0n) is 10.9. The highest BCUT2D eigenvalue weighted by Crippen LogP contribution is 2.27. The van der Waals surface area contributed by atoms with Crippen molar-refractivity contribution in [3.05, 3.63) is 58.0 Å². The summed E-state index contributed by atoms with van der Waals surface area (Å²) in [6, 6.07) is 9.32. The van der Waals surface area contributed by atoms with Gasteiger partial charge in [0, 0.05) is 22.0 Å². The molecular formula is C15H12N2OS2. The Balaban J connectivity index is 1.76. The van der Waals surface area contributed by atoms with Gasteiger partial charge in [0.25, 0.3) is 0 Å². The highest BCUT2D eigenvalue weighted by atomic mass is 32.1. The van der Waals surface area contributed by atoms with Gasteiger partial charge in [0.15, 0.2) is 15.8 Å². The molecule has 1 aromatic carbocycles. The molecule has 5 heteroatoms. The number of Topliss-reactive ketones (excluding diaryl/α,β-unsaturated/α-hetero) is 1. The SMILES string of the molecule is Cc1csc(-c2nc(CC(=O)c3ccccc3)cs2)n1. The standard InChI is InChI=1S/C15H12N2OS2/c1-10-8-19-14(16-10)15-17-12(9-20-15)7-13(18)11-5-3-2-4-6-11/h2-6,8-9H,7H2,1H3. The molecule has 20 heavy (non-hydrogen) atoms. The second-order valence-electron chi connectivity index (χ2n) is 4.40. The van der Waals surface area contributed by atoms with Crippen molar-refractivity contribution in [3.63, 3.8) is 0 Å². The van der Waals surface area contributed by atoms with Crippen LogP contribution in [0.1, 0.15) is 21.7 Å². The van der Waals surface area contributed by atoms with Gasteiger partial charge in [-0.15, -0.1) is 22.7 Å². The molecule has 0 N–H and O–H groups in total. The Morgan fingerprint density at radius 2 is 1.75 bits per heavy atom. The fourth-order valence-electron chi connectivity index (χ4n) is 1.83. The van der Waals surface area contributed by atoms with Crippen LogP contribution in [0.15, 0.2) is 41.1 Å². The molecule has 0 fully saturated rings. The van der Waals surface area contributed by atoms with Crippen LogP contribution in [-0.2, 0) is 6.42 Å². The minimum atomic E-state index is 0.0952. The number of thiazole rings is 2. The van der Waals surface area contributed by atoms with Crippen molar-refractivity contribution >= 4 is 28.5 Å². The first kappa shape index (κ1) is 13.1. The van der Waals surface area contributed by atoms with E-state index in [0.717, 1.165) is 27.0 Å². The summed E-state index contributed by atoms with van der Waals surface area (Å²) in [5, 5.41) is 5.75. The molecule has 0 aliphatic heterocycles. The summed E-state index contributed by atoms with van der Waals surface area (Å²) in [6.07, 6.45) is 0.338. The van der Waals surface area contributed by atoms with Crippen molar-refractivity contribution in [3.8, 4) is 10.0 Å². The van der Waals surface area contributed by atoms with Crippen molar-refractivity contribution < 1.29 is 4.79 Å². The summed E-state index contributed by atoms with van der Waals surface area (Å²) in [5.74, 6) is 0.0952. The number of aromatic nitrogens is 2. The summed E-state index contributed by atoms with van der Waals surface area (Å²) >= 11 is 3.12. The molecule has 0 atom stereocenters. The number of aryl methyl sites for hydroxylation is 1. The smallest absolute Gasteiger partial charge is 0.168 e. The Morgan fingerprint density at radius 1 is 1.05 bits per heavy atom. The van der Waals surface area contributed by atoms with Gasteiger partial charge in [-0.3, -0.25) is 4.79 Å². The lowest BCUT2D eigenvalue weighted by Gasteiger charge is -1.97. The molecule has 2 aromatic heterocycles. The Kier molecular flexibility index (Phi) is 3.71. The molecule has 0 aliphatic carbocycles. The van der Waals surface area contributed by atoms with Gasteiger partial charge < -0.3 is 0 Å². The van der Waals surface area contributed by atoms with E-state index in [2.05, 4.69) is 9.97 Å². The third-order valence-corrected chi connectivity index (χ3v) is 4.79. The Labute approximate surface area is 125 Å². The van der Waals surface area contributed by atoms with Crippen LogP contribution < -0.4 is 0 Å². The maximum atomic E-state index is 12.1. The highest BCUT2D eigenvalue weighted by Gasteiger charge is 2.12. The van der Waals surface area contributed by atoms with Gasteiger partial charge >= 0.3 is 0 Å². The summed E-state index contributed by atoms with van der Waals surface area (Å²) in [4.78, 5) is 21.0. The van der Waals surface area contributed by atoms with Crippen LogP contribution in [0.2, 0.25) is 0 Å². The highest BCUT2D eigenvalue weighted by molar-refractivity contribution is 7.19. The predicted octanol–water partition coefficient (Wildman–Crippen LogP) is 4.00. The molecule has 0 spiro atoms. The van der Waals surface area contributed by atoms with E-state index >= 15 is 0 Å². The maximum absolute atomic E-state index is 12.1. The minimum Gasteiger partial charge on any atom is -0.294 e.